The van der Waals surface area contributed by atoms with Crippen molar-refractivity contribution < 1.29 is 9.18 Å². The highest BCUT2D eigenvalue weighted by molar-refractivity contribution is 6.33. The molecule has 0 saturated heterocycles. The summed E-state index contributed by atoms with van der Waals surface area (Å²) in [6.45, 7) is 0. The Labute approximate surface area is 149 Å². The molecule has 0 aliphatic heterocycles. The minimum atomic E-state index is -0.352. The van der Waals surface area contributed by atoms with Crippen LogP contribution in [0.25, 0.3) is 5.69 Å². The van der Waals surface area contributed by atoms with Crippen molar-refractivity contribution in [3.63, 3.8) is 0 Å². The second-order valence-corrected chi connectivity index (χ2v) is 6.04. The molecule has 0 saturated carbocycles. The molecule has 0 aliphatic carbocycles. The molecule has 128 valence electrons. The van der Waals surface area contributed by atoms with Gasteiger partial charge in [0.1, 0.15) is 5.82 Å². The summed E-state index contributed by atoms with van der Waals surface area (Å²) in [6, 6.07) is 12.7. The number of benzene rings is 2. The molecule has 0 bridgehead atoms. The molecule has 1 amide bonds. The van der Waals surface area contributed by atoms with E-state index in [9.17, 15) is 9.18 Å². The second kappa shape index (κ2) is 6.94. The van der Waals surface area contributed by atoms with E-state index >= 15 is 0 Å². The molecule has 5 nitrogen and oxygen atoms in total. The zero-order valence-electron chi connectivity index (χ0n) is 13.7. The monoisotopic (exact) mass is 358 g/mol. The van der Waals surface area contributed by atoms with Gasteiger partial charge in [-0.3, -0.25) is 4.79 Å². The first-order valence-electron chi connectivity index (χ1n) is 7.54. The Hall–Kier alpha value is -2.86. The van der Waals surface area contributed by atoms with Gasteiger partial charge in [-0.25, -0.2) is 9.07 Å². The van der Waals surface area contributed by atoms with Crippen LogP contribution < -0.4 is 10.2 Å². The second-order valence-electron chi connectivity index (χ2n) is 5.64. The highest BCUT2D eigenvalue weighted by Gasteiger charge is 2.12. The number of carbonyl (C=O) groups excluding carboxylic acids is 1. The Morgan fingerprint density at radius 3 is 2.52 bits per heavy atom. The molecule has 0 radical (unpaired) electrons. The van der Waals surface area contributed by atoms with Gasteiger partial charge in [0.2, 0.25) is 0 Å². The molecule has 3 rings (SSSR count). The third-order valence-corrected chi connectivity index (χ3v) is 3.90. The number of anilines is 2. The number of aromatic nitrogens is 2. The Kier molecular flexibility index (Phi) is 4.72. The SMILES string of the molecule is CN(C)c1ccc(NC(=O)c2ccn(-c3ccc(F)cc3)n2)cc1Cl. The molecule has 7 heteroatoms. The van der Waals surface area contributed by atoms with Crippen LogP contribution in [0.15, 0.2) is 54.7 Å². The molecular weight excluding hydrogens is 343 g/mol. The van der Waals surface area contributed by atoms with Crippen LogP contribution in [0.5, 0.6) is 0 Å². The average molecular weight is 359 g/mol. The maximum atomic E-state index is 13.0. The fourth-order valence-corrected chi connectivity index (χ4v) is 2.67. The van der Waals surface area contributed by atoms with Gasteiger partial charge in [0, 0.05) is 26.0 Å². The lowest BCUT2D eigenvalue weighted by Crippen LogP contribution is -2.14. The summed E-state index contributed by atoms with van der Waals surface area (Å²) in [5, 5.41) is 7.52. The molecule has 25 heavy (non-hydrogen) atoms. The van der Waals surface area contributed by atoms with Crippen molar-refractivity contribution in [1.82, 2.24) is 9.78 Å². The molecule has 1 heterocycles. The lowest BCUT2D eigenvalue weighted by molar-refractivity contribution is 0.102. The summed E-state index contributed by atoms with van der Waals surface area (Å²) in [5.74, 6) is -0.679. The summed E-state index contributed by atoms with van der Waals surface area (Å²) in [7, 11) is 3.78. The lowest BCUT2D eigenvalue weighted by Gasteiger charge is -2.15. The van der Waals surface area contributed by atoms with E-state index in [-0.39, 0.29) is 17.4 Å². The van der Waals surface area contributed by atoms with Crippen molar-refractivity contribution in [3.05, 3.63) is 71.3 Å². The van der Waals surface area contributed by atoms with Gasteiger partial charge in [-0.2, -0.15) is 5.10 Å². The van der Waals surface area contributed by atoms with Crippen LogP contribution >= 0.6 is 11.6 Å². The number of hydrogen-bond acceptors (Lipinski definition) is 3. The van der Waals surface area contributed by atoms with Gasteiger partial charge in [0.25, 0.3) is 5.91 Å². The highest BCUT2D eigenvalue weighted by Crippen LogP contribution is 2.27. The first-order chi connectivity index (χ1) is 11.9. The third-order valence-electron chi connectivity index (χ3n) is 3.60. The summed E-state index contributed by atoms with van der Waals surface area (Å²) < 4.78 is 14.5. The largest absolute Gasteiger partial charge is 0.376 e. The molecular formula is C18H16ClFN4O. The first kappa shape index (κ1) is 17.0. The van der Waals surface area contributed by atoms with E-state index in [1.165, 1.54) is 16.8 Å². The molecule has 0 fully saturated rings. The summed E-state index contributed by atoms with van der Waals surface area (Å²) in [5.41, 5.74) is 2.35. The van der Waals surface area contributed by atoms with E-state index in [1.807, 2.05) is 25.1 Å². The number of carbonyl (C=O) groups is 1. The van der Waals surface area contributed by atoms with E-state index in [4.69, 9.17) is 11.6 Å². The molecule has 2 aromatic carbocycles. The standard InChI is InChI=1S/C18H16ClFN4O/c1-23(2)17-8-5-13(11-15(17)19)21-18(25)16-9-10-24(22-16)14-6-3-12(20)4-7-14/h3-11H,1-2H3,(H,21,25). The van der Waals surface area contributed by atoms with Crippen molar-refractivity contribution >= 4 is 28.9 Å². The van der Waals surface area contributed by atoms with Gasteiger partial charge >= 0.3 is 0 Å². The number of amides is 1. The fourth-order valence-electron chi connectivity index (χ4n) is 2.33. The molecule has 1 aromatic heterocycles. The van der Waals surface area contributed by atoms with Crippen molar-refractivity contribution in [1.29, 1.82) is 0 Å². The van der Waals surface area contributed by atoms with Gasteiger partial charge < -0.3 is 10.2 Å². The number of rotatable bonds is 4. The quantitative estimate of drug-likeness (QED) is 0.767. The number of halogens is 2. The van der Waals surface area contributed by atoms with Gasteiger partial charge in [-0.1, -0.05) is 11.6 Å². The topological polar surface area (TPSA) is 50.2 Å². The minimum absolute atomic E-state index is 0.247. The van der Waals surface area contributed by atoms with Crippen molar-refractivity contribution in [3.8, 4) is 5.69 Å². The molecule has 1 N–H and O–H groups in total. The van der Waals surface area contributed by atoms with Crippen LogP contribution in [0, 0.1) is 5.82 Å². The summed E-state index contributed by atoms with van der Waals surface area (Å²) in [6.07, 6.45) is 1.64. The van der Waals surface area contributed by atoms with E-state index in [0.29, 0.717) is 16.4 Å². The van der Waals surface area contributed by atoms with Crippen LogP contribution in [-0.4, -0.2) is 29.8 Å². The van der Waals surface area contributed by atoms with Crippen molar-refractivity contribution in [2.24, 2.45) is 0 Å². The van der Waals surface area contributed by atoms with E-state index in [2.05, 4.69) is 10.4 Å². The minimum Gasteiger partial charge on any atom is -0.376 e. The Bertz CT molecular complexity index is 906. The molecule has 0 atom stereocenters. The van der Waals surface area contributed by atoms with Gasteiger partial charge in [-0.15, -0.1) is 0 Å². The van der Waals surface area contributed by atoms with Gasteiger partial charge in [0.15, 0.2) is 5.69 Å². The van der Waals surface area contributed by atoms with Crippen LogP contribution in [0.3, 0.4) is 0 Å². The number of nitrogens with one attached hydrogen (secondary N) is 1. The maximum Gasteiger partial charge on any atom is 0.276 e. The van der Waals surface area contributed by atoms with Crippen LogP contribution in [0.2, 0.25) is 5.02 Å². The number of nitrogens with zero attached hydrogens (tertiary/aromatic N) is 3. The Morgan fingerprint density at radius 1 is 1.16 bits per heavy atom. The maximum absolute atomic E-state index is 13.0. The molecule has 3 aromatic rings. The molecule has 0 spiro atoms. The number of hydrogen-bond donors (Lipinski definition) is 1. The first-order valence-corrected chi connectivity index (χ1v) is 7.91. The van der Waals surface area contributed by atoms with Crippen LogP contribution in [0.4, 0.5) is 15.8 Å². The smallest absolute Gasteiger partial charge is 0.276 e. The van der Waals surface area contributed by atoms with Crippen LogP contribution in [0.1, 0.15) is 10.5 Å². The van der Waals surface area contributed by atoms with E-state index in [1.54, 1.807) is 36.5 Å². The van der Waals surface area contributed by atoms with Crippen LogP contribution in [-0.2, 0) is 0 Å². The molecule has 0 aliphatic rings. The normalized spacial score (nSPS) is 10.6. The van der Waals surface area contributed by atoms with Gasteiger partial charge in [-0.05, 0) is 48.5 Å². The molecule has 0 unspecified atom stereocenters. The lowest BCUT2D eigenvalue weighted by atomic mass is 10.2. The van der Waals surface area contributed by atoms with E-state index < -0.39 is 0 Å². The van der Waals surface area contributed by atoms with E-state index in [0.717, 1.165) is 5.69 Å². The Morgan fingerprint density at radius 2 is 1.88 bits per heavy atom. The predicted molar refractivity (Wildman–Crippen MR) is 97.3 cm³/mol. The third kappa shape index (κ3) is 3.80. The highest BCUT2D eigenvalue weighted by atomic mass is 35.5. The Balaban J connectivity index is 1.76. The van der Waals surface area contributed by atoms with Crippen molar-refractivity contribution in [2.75, 3.05) is 24.3 Å². The average Bonchev–Trinajstić information content (AvgIpc) is 3.05. The zero-order valence-corrected chi connectivity index (χ0v) is 14.5. The van der Waals surface area contributed by atoms with Gasteiger partial charge in [0.05, 0.1) is 16.4 Å². The predicted octanol–water partition coefficient (Wildman–Crippen LogP) is 3.98. The fraction of sp³-hybridized carbons (Fsp3) is 0.111. The zero-order chi connectivity index (χ0) is 18.0. The summed E-state index contributed by atoms with van der Waals surface area (Å²) in [4.78, 5) is 14.2. The van der Waals surface area contributed by atoms with Crippen molar-refractivity contribution in [2.45, 2.75) is 0 Å². The summed E-state index contributed by atoms with van der Waals surface area (Å²) >= 11 is 6.21.